The lowest BCUT2D eigenvalue weighted by Gasteiger charge is -2.13. The number of alkyl halides is 3. The molecule has 0 amide bonds. The third-order valence-corrected chi connectivity index (χ3v) is 2.10. The molecule has 0 atom stereocenters. The molecular formula is C10H10F3N5O. The normalized spacial score (nSPS) is 11.4. The fraction of sp³-hybridized carbons (Fsp3) is 0.300. The number of nitrogens with one attached hydrogen (secondary N) is 1. The third-order valence-electron chi connectivity index (χ3n) is 2.10. The van der Waals surface area contributed by atoms with Crippen LogP contribution in [0.1, 0.15) is 5.82 Å². The molecule has 1 aromatic carbocycles. The van der Waals surface area contributed by atoms with E-state index in [-0.39, 0.29) is 18.0 Å². The summed E-state index contributed by atoms with van der Waals surface area (Å²) in [7, 11) is 1.59. The van der Waals surface area contributed by atoms with Crippen LogP contribution >= 0.6 is 0 Å². The lowest BCUT2D eigenvalue weighted by Crippen LogP contribution is -2.18. The number of halogens is 3. The van der Waals surface area contributed by atoms with Gasteiger partial charge in [-0.05, 0) is 17.3 Å². The number of rotatable bonds is 4. The summed E-state index contributed by atoms with van der Waals surface area (Å²) in [6.07, 6.45) is -4.73. The monoisotopic (exact) mass is 273 g/mol. The first-order valence-electron chi connectivity index (χ1n) is 5.25. The number of hydrogen-bond donors (Lipinski definition) is 1. The van der Waals surface area contributed by atoms with Crippen LogP contribution in [0.5, 0.6) is 5.75 Å². The topological polar surface area (TPSA) is 64.9 Å². The van der Waals surface area contributed by atoms with Crippen LogP contribution in [0.25, 0.3) is 0 Å². The van der Waals surface area contributed by atoms with Crippen molar-refractivity contribution in [2.75, 3.05) is 5.32 Å². The van der Waals surface area contributed by atoms with E-state index < -0.39 is 6.36 Å². The number of benzene rings is 1. The largest absolute Gasteiger partial charge is 0.573 e. The summed E-state index contributed by atoms with van der Waals surface area (Å²) in [5.74, 6) is 0.0585. The summed E-state index contributed by atoms with van der Waals surface area (Å²) in [6, 6.07) is 5.74. The highest BCUT2D eigenvalue weighted by Crippen LogP contribution is 2.29. The van der Waals surface area contributed by atoms with E-state index in [0.717, 1.165) is 0 Å². The molecule has 2 aromatic rings. The minimum Gasteiger partial charge on any atom is -0.404 e. The SMILES string of the molecule is Cn1nnc(CNc2ccccc2OC(F)(F)F)n1. The van der Waals surface area contributed by atoms with Gasteiger partial charge >= 0.3 is 6.36 Å². The van der Waals surface area contributed by atoms with Crippen molar-refractivity contribution < 1.29 is 17.9 Å². The molecule has 6 nitrogen and oxygen atoms in total. The second-order valence-corrected chi connectivity index (χ2v) is 3.59. The maximum absolute atomic E-state index is 12.2. The smallest absolute Gasteiger partial charge is 0.404 e. The molecule has 0 aliphatic heterocycles. The van der Waals surface area contributed by atoms with Crippen molar-refractivity contribution in [2.24, 2.45) is 7.05 Å². The van der Waals surface area contributed by atoms with Crippen LogP contribution in [0.3, 0.4) is 0 Å². The maximum Gasteiger partial charge on any atom is 0.573 e. The van der Waals surface area contributed by atoms with Crippen LogP contribution < -0.4 is 10.1 Å². The standard InChI is InChI=1S/C10H10F3N5O/c1-18-16-9(15-17-18)6-14-7-4-2-3-5-8(7)19-10(11,12)13/h2-5,14H,6H2,1H3. The van der Waals surface area contributed by atoms with Gasteiger partial charge in [-0.2, -0.15) is 4.80 Å². The zero-order chi connectivity index (χ0) is 13.9. The number of hydrogen-bond acceptors (Lipinski definition) is 5. The Kier molecular flexibility index (Phi) is 3.54. The van der Waals surface area contributed by atoms with Crippen molar-refractivity contribution in [1.82, 2.24) is 20.2 Å². The first-order chi connectivity index (χ1) is 8.94. The van der Waals surface area contributed by atoms with Gasteiger partial charge in [0.05, 0.1) is 19.3 Å². The summed E-state index contributed by atoms with van der Waals surface area (Å²) < 4.78 is 40.5. The number of nitrogens with zero attached hydrogens (tertiary/aromatic N) is 4. The highest BCUT2D eigenvalue weighted by atomic mass is 19.4. The molecule has 0 saturated carbocycles. The summed E-state index contributed by atoms with van der Waals surface area (Å²) >= 11 is 0. The van der Waals surface area contributed by atoms with Gasteiger partial charge in [-0.3, -0.25) is 0 Å². The van der Waals surface area contributed by atoms with Crippen molar-refractivity contribution >= 4 is 5.69 Å². The summed E-state index contributed by atoms with van der Waals surface area (Å²) in [5.41, 5.74) is 0.201. The number of ether oxygens (including phenoxy) is 1. The average molecular weight is 273 g/mol. The first kappa shape index (κ1) is 13.1. The Morgan fingerprint density at radius 3 is 2.68 bits per heavy atom. The predicted molar refractivity (Wildman–Crippen MR) is 59.2 cm³/mol. The Morgan fingerprint density at radius 2 is 2.05 bits per heavy atom. The zero-order valence-electron chi connectivity index (χ0n) is 9.85. The molecule has 19 heavy (non-hydrogen) atoms. The van der Waals surface area contributed by atoms with E-state index in [1.54, 1.807) is 13.1 Å². The molecule has 1 N–H and O–H groups in total. The average Bonchev–Trinajstić information content (AvgIpc) is 2.72. The van der Waals surface area contributed by atoms with E-state index >= 15 is 0 Å². The van der Waals surface area contributed by atoms with Crippen molar-refractivity contribution in [1.29, 1.82) is 0 Å². The van der Waals surface area contributed by atoms with Crippen LogP contribution in [-0.2, 0) is 13.6 Å². The molecule has 9 heteroatoms. The van der Waals surface area contributed by atoms with E-state index in [2.05, 4.69) is 25.5 Å². The Balaban J connectivity index is 2.07. The minimum absolute atomic E-state index is 0.145. The predicted octanol–water partition coefficient (Wildman–Crippen LogP) is 1.72. The Morgan fingerprint density at radius 1 is 1.32 bits per heavy atom. The van der Waals surface area contributed by atoms with Crippen molar-refractivity contribution in [2.45, 2.75) is 12.9 Å². The number of aromatic nitrogens is 4. The highest BCUT2D eigenvalue weighted by molar-refractivity contribution is 5.56. The molecule has 0 fully saturated rings. The molecule has 0 aliphatic rings. The molecule has 1 aromatic heterocycles. The fourth-order valence-corrected chi connectivity index (χ4v) is 1.39. The van der Waals surface area contributed by atoms with Gasteiger partial charge in [0, 0.05) is 0 Å². The van der Waals surface area contributed by atoms with Gasteiger partial charge in [-0.1, -0.05) is 12.1 Å². The van der Waals surface area contributed by atoms with Gasteiger partial charge in [-0.25, -0.2) is 0 Å². The molecule has 0 spiro atoms. The van der Waals surface area contributed by atoms with Gasteiger partial charge < -0.3 is 10.1 Å². The molecule has 0 aliphatic carbocycles. The maximum atomic E-state index is 12.2. The van der Waals surface area contributed by atoms with Gasteiger partial charge in [0.1, 0.15) is 0 Å². The van der Waals surface area contributed by atoms with Crippen LogP contribution in [0, 0.1) is 0 Å². The van der Waals surface area contributed by atoms with Crippen molar-refractivity contribution in [3.63, 3.8) is 0 Å². The van der Waals surface area contributed by atoms with E-state index in [4.69, 9.17) is 0 Å². The number of para-hydroxylation sites is 2. The fourth-order valence-electron chi connectivity index (χ4n) is 1.39. The Hall–Kier alpha value is -2.32. The third kappa shape index (κ3) is 3.83. The summed E-state index contributed by atoms with van der Waals surface area (Å²) in [6.45, 7) is 0.145. The Bertz CT molecular complexity index is 554. The van der Waals surface area contributed by atoms with E-state index in [9.17, 15) is 13.2 Å². The number of anilines is 1. The quantitative estimate of drug-likeness (QED) is 0.918. The molecule has 0 bridgehead atoms. The van der Waals surface area contributed by atoms with Crippen LogP contribution in [0.15, 0.2) is 24.3 Å². The van der Waals surface area contributed by atoms with Gasteiger partial charge in [0.25, 0.3) is 0 Å². The van der Waals surface area contributed by atoms with Crippen molar-refractivity contribution in [3.8, 4) is 5.75 Å². The van der Waals surface area contributed by atoms with E-state index in [1.807, 2.05) is 0 Å². The van der Waals surface area contributed by atoms with Crippen LogP contribution in [0.4, 0.5) is 18.9 Å². The van der Waals surface area contributed by atoms with Gasteiger partial charge in [0.15, 0.2) is 11.6 Å². The van der Waals surface area contributed by atoms with E-state index in [1.165, 1.54) is 23.0 Å². The molecule has 0 radical (unpaired) electrons. The number of tetrazole rings is 1. The van der Waals surface area contributed by atoms with Gasteiger partial charge in [-0.15, -0.1) is 23.4 Å². The highest BCUT2D eigenvalue weighted by Gasteiger charge is 2.32. The Labute approximate surface area is 106 Å². The molecule has 0 saturated heterocycles. The second-order valence-electron chi connectivity index (χ2n) is 3.59. The molecule has 102 valence electrons. The lowest BCUT2D eigenvalue weighted by molar-refractivity contribution is -0.274. The van der Waals surface area contributed by atoms with Crippen LogP contribution in [-0.4, -0.2) is 26.6 Å². The first-order valence-corrected chi connectivity index (χ1v) is 5.25. The summed E-state index contributed by atoms with van der Waals surface area (Å²) in [4.78, 5) is 1.26. The molecule has 2 rings (SSSR count). The molecule has 1 heterocycles. The molecule has 0 unspecified atom stereocenters. The van der Waals surface area contributed by atoms with Crippen LogP contribution in [0.2, 0.25) is 0 Å². The minimum atomic E-state index is -4.73. The lowest BCUT2D eigenvalue weighted by atomic mass is 10.3. The zero-order valence-corrected chi connectivity index (χ0v) is 9.85. The van der Waals surface area contributed by atoms with Gasteiger partial charge in [0.2, 0.25) is 0 Å². The number of aryl methyl sites for hydroxylation is 1. The second kappa shape index (κ2) is 5.12. The molecular weight excluding hydrogens is 263 g/mol. The summed E-state index contributed by atoms with van der Waals surface area (Å²) in [5, 5.41) is 14.0. The van der Waals surface area contributed by atoms with Crippen molar-refractivity contribution in [3.05, 3.63) is 30.1 Å². The van der Waals surface area contributed by atoms with E-state index in [0.29, 0.717) is 5.82 Å².